The first-order valence-corrected chi connectivity index (χ1v) is 5.59. The summed E-state index contributed by atoms with van der Waals surface area (Å²) in [6.07, 6.45) is 3.82. The van der Waals surface area contributed by atoms with Crippen LogP contribution >= 0.6 is 0 Å². The third-order valence-electron chi connectivity index (χ3n) is 4.09. The lowest BCUT2D eigenvalue weighted by molar-refractivity contribution is 0.353. The van der Waals surface area contributed by atoms with Crippen molar-refractivity contribution in [3.63, 3.8) is 0 Å². The summed E-state index contributed by atoms with van der Waals surface area (Å²) in [6.45, 7) is 0. The van der Waals surface area contributed by atoms with Crippen LogP contribution in [0.1, 0.15) is 31.0 Å². The average Bonchev–Trinajstić information content (AvgIpc) is 2.83. The zero-order valence-electron chi connectivity index (χ0n) is 8.93. The number of nitrogens with zero attached hydrogens (tertiary/aromatic N) is 3. The highest BCUT2D eigenvalue weighted by Crippen LogP contribution is 2.51. The minimum atomic E-state index is 0.241. The maximum absolute atomic E-state index is 6.23. The summed E-state index contributed by atoms with van der Waals surface area (Å²) in [5.41, 5.74) is 11.9. The molecule has 0 spiro atoms. The number of nitrogen functional groups attached to an aromatic ring is 1. The Morgan fingerprint density at radius 1 is 1.33 bits per heavy atom. The number of hydrogen-bond donors (Lipinski definition) is 2. The Labute approximate surface area is 88.8 Å². The predicted molar refractivity (Wildman–Crippen MR) is 57.0 cm³/mol. The Morgan fingerprint density at radius 2 is 2.07 bits per heavy atom. The molecule has 0 aliphatic heterocycles. The van der Waals surface area contributed by atoms with Gasteiger partial charge in [-0.15, -0.1) is 0 Å². The van der Waals surface area contributed by atoms with Gasteiger partial charge in [-0.1, -0.05) is 0 Å². The molecule has 1 heterocycles. The van der Waals surface area contributed by atoms with E-state index in [-0.39, 0.29) is 6.04 Å². The fourth-order valence-corrected chi connectivity index (χ4v) is 3.28. The largest absolute Gasteiger partial charge is 0.368 e. The van der Waals surface area contributed by atoms with E-state index in [0.29, 0.717) is 23.7 Å². The van der Waals surface area contributed by atoms with Crippen molar-refractivity contribution in [3.05, 3.63) is 5.82 Å². The van der Waals surface area contributed by atoms with E-state index in [1.165, 1.54) is 19.3 Å². The number of nitrogens with two attached hydrogens (primary N) is 2. The first-order chi connectivity index (χ1) is 7.16. The van der Waals surface area contributed by atoms with E-state index in [9.17, 15) is 0 Å². The molecule has 0 aromatic carbocycles. The summed E-state index contributed by atoms with van der Waals surface area (Å²) < 4.78 is 1.63. The SMILES string of the molecule is Cn1nc(C2C3CCC(C3)C2N)nc1N. The quantitative estimate of drug-likeness (QED) is 0.691. The van der Waals surface area contributed by atoms with Gasteiger partial charge in [0.25, 0.3) is 0 Å². The van der Waals surface area contributed by atoms with Gasteiger partial charge in [-0.05, 0) is 31.1 Å². The van der Waals surface area contributed by atoms with E-state index >= 15 is 0 Å². The van der Waals surface area contributed by atoms with E-state index in [1.807, 2.05) is 7.05 Å². The van der Waals surface area contributed by atoms with E-state index in [0.717, 1.165) is 5.82 Å². The number of hydrogen-bond acceptors (Lipinski definition) is 4. The van der Waals surface area contributed by atoms with Crippen molar-refractivity contribution in [1.29, 1.82) is 0 Å². The number of fused-ring (bicyclic) bond motifs is 2. The van der Waals surface area contributed by atoms with Crippen LogP contribution < -0.4 is 11.5 Å². The first-order valence-electron chi connectivity index (χ1n) is 5.59. The van der Waals surface area contributed by atoms with Gasteiger partial charge in [0.05, 0.1) is 0 Å². The number of rotatable bonds is 1. The third kappa shape index (κ3) is 1.19. The fraction of sp³-hybridized carbons (Fsp3) is 0.800. The second-order valence-corrected chi connectivity index (χ2v) is 4.89. The van der Waals surface area contributed by atoms with Crippen molar-refractivity contribution in [2.24, 2.45) is 24.6 Å². The van der Waals surface area contributed by atoms with Crippen molar-refractivity contribution in [2.75, 3.05) is 5.73 Å². The number of aromatic nitrogens is 3. The van der Waals surface area contributed by atoms with Crippen LogP contribution in [0.2, 0.25) is 0 Å². The van der Waals surface area contributed by atoms with Gasteiger partial charge < -0.3 is 11.5 Å². The molecule has 4 atom stereocenters. The molecule has 82 valence electrons. The molecule has 4 unspecified atom stereocenters. The van der Waals surface area contributed by atoms with Crippen LogP contribution in [0.4, 0.5) is 5.95 Å². The van der Waals surface area contributed by atoms with E-state index in [1.54, 1.807) is 4.68 Å². The van der Waals surface area contributed by atoms with E-state index in [4.69, 9.17) is 11.5 Å². The molecule has 2 aliphatic carbocycles. The predicted octanol–water partition coefficient (Wildman–Crippen LogP) is 0.238. The van der Waals surface area contributed by atoms with Crippen LogP contribution in [0.5, 0.6) is 0 Å². The average molecular weight is 207 g/mol. The lowest BCUT2D eigenvalue weighted by atomic mass is 9.84. The first kappa shape index (κ1) is 9.15. The maximum atomic E-state index is 6.23. The minimum Gasteiger partial charge on any atom is -0.368 e. The lowest BCUT2D eigenvalue weighted by Crippen LogP contribution is -2.34. The van der Waals surface area contributed by atoms with Gasteiger partial charge in [0.1, 0.15) is 0 Å². The molecule has 2 saturated carbocycles. The van der Waals surface area contributed by atoms with E-state index in [2.05, 4.69) is 10.1 Å². The van der Waals surface area contributed by atoms with Gasteiger partial charge in [0.15, 0.2) is 5.82 Å². The Bertz CT molecular complexity index is 364. The lowest BCUT2D eigenvalue weighted by Gasteiger charge is -2.25. The summed E-state index contributed by atoms with van der Waals surface area (Å²) in [7, 11) is 1.82. The zero-order valence-corrected chi connectivity index (χ0v) is 8.93. The van der Waals surface area contributed by atoms with E-state index < -0.39 is 0 Å². The van der Waals surface area contributed by atoms with Gasteiger partial charge in [-0.25, -0.2) is 4.68 Å². The van der Waals surface area contributed by atoms with Gasteiger partial charge >= 0.3 is 0 Å². The molecule has 0 amide bonds. The Kier molecular flexibility index (Phi) is 1.80. The van der Waals surface area contributed by atoms with Crippen LogP contribution in [-0.2, 0) is 7.05 Å². The molecule has 5 heteroatoms. The van der Waals surface area contributed by atoms with Crippen LogP contribution in [0.3, 0.4) is 0 Å². The fourth-order valence-electron chi connectivity index (χ4n) is 3.28. The van der Waals surface area contributed by atoms with Gasteiger partial charge in [-0.3, -0.25) is 0 Å². The molecule has 2 bridgehead atoms. The molecular formula is C10H17N5. The highest BCUT2D eigenvalue weighted by Gasteiger charge is 2.48. The van der Waals surface area contributed by atoms with Crippen molar-refractivity contribution in [2.45, 2.75) is 31.2 Å². The van der Waals surface area contributed by atoms with Crippen molar-refractivity contribution in [1.82, 2.24) is 14.8 Å². The Morgan fingerprint density at radius 3 is 2.60 bits per heavy atom. The molecular weight excluding hydrogens is 190 g/mol. The van der Waals surface area contributed by atoms with Crippen molar-refractivity contribution >= 4 is 5.95 Å². The minimum absolute atomic E-state index is 0.241. The molecule has 0 saturated heterocycles. The second kappa shape index (κ2) is 2.95. The normalized spacial score (nSPS) is 38.8. The molecule has 2 aliphatic rings. The molecule has 4 N–H and O–H groups in total. The van der Waals surface area contributed by atoms with Crippen LogP contribution in [-0.4, -0.2) is 20.8 Å². The second-order valence-electron chi connectivity index (χ2n) is 4.89. The zero-order chi connectivity index (χ0) is 10.6. The maximum Gasteiger partial charge on any atom is 0.218 e. The molecule has 2 fully saturated rings. The molecule has 5 nitrogen and oxygen atoms in total. The summed E-state index contributed by atoms with van der Waals surface area (Å²) in [5, 5.41) is 4.36. The Hall–Kier alpha value is -1.10. The molecule has 0 radical (unpaired) electrons. The molecule has 3 rings (SSSR count). The highest BCUT2D eigenvalue weighted by molar-refractivity contribution is 5.21. The van der Waals surface area contributed by atoms with Crippen LogP contribution in [0.25, 0.3) is 0 Å². The summed E-state index contributed by atoms with van der Waals surface area (Å²) in [6, 6.07) is 0.241. The monoisotopic (exact) mass is 207 g/mol. The van der Waals surface area contributed by atoms with Gasteiger partial charge in [-0.2, -0.15) is 10.1 Å². The molecule has 1 aromatic heterocycles. The topological polar surface area (TPSA) is 82.8 Å². The summed E-state index contributed by atoms with van der Waals surface area (Å²) >= 11 is 0. The highest BCUT2D eigenvalue weighted by atomic mass is 15.4. The van der Waals surface area contributed by atoms with Crippen LogP contribution in [0, 0.1) is 11.8 Å². The van der Waals surface area contributed by atoms with Crippen molar-refractivity contribution < 1.29 is 0 Å². The Balaban J connectivity index is 1.94. The van der Waals surface area contributed by atoms with Crippen LogP contribution in [0.15, 0.2) is 0 Å². The summed E-state index contributed by atoms with van der Waals surface area (Å²) in [4.78, 5) is 4.31. The van der Waals surface area contributed by atoms with Crippen molar-refractivity contribution in [3.8, 4) is 0 Å². The molecule has 1 aromatic rings. The molecule has 15 heavy (non-hydrogen) atoms. The number of anilines is 1. The number of aryl methyl sites for hydroxylation is 1. The summed E-state index contributed by atoms with van der Waals surface area (Å²) in [5.74, 6) is 3.05. The standard InChI is InChI=1S/C10H17N5/c1-15-10(12)13-9(14-15)7-5-2-3-6(4-5)8(7)11/h5-8H,2-4,11H2,1H3,(H2,12,13,14). The van der Waals surface area contributed by atoms with Gasteiger partial charge in [0, 0.05) is 19.0 Å². The third-order valence-corrected chi connectivity index (χ3v) is 4.09. The smallest absolute Gasteiger partial charge is 0.218 e. The van der Waals surface area contributed by atoms with Gasteiger partial charge in [0.2, 0.25) is 5.95 Å².